The maximum Gasteiger partial charge on any atom is 0.123 e. The van der Waals surface area contributed by atoms with Crippen LogP contribution < -0.4 is 0 Å². The summed E-state index contributed by atoms with van der Waals surface area (Å²) in [5.74, 6) is -0.176. The van der Waals surface area contributed by atoms with E-state index in [0.29, 0.717) is 0 Å². The lowest BCUT2D eigenvalue weighted by molar-refractivity contribution is 0.609. The maximum absolute atomic E-state index is 13.8. The van der Waals surface area contributed by atoms with E-state index in [1.54, 1.807) is 12.1 Å². The van der Waals surface area contributed by atoms with Gasteiger partial charge in [0, 0.05) is 9.89 Å². The fourth-order valence-corrected chi connectivity index (χ4v) is 4.09. The average Bonchev–Trinajstić information content (AvgIpc) is 2.76. The molecule has 4 rings (SSSR count). The number of hydrogen-bond acceptors (Lipinski definition) is 0. The van der Waals surface area contributed by atoms with E-state index in [-0.39, 0.29) is 11.2 Å². The van der Waals surface area contributed by atoms with Crippen LogP contribution in [0.4, 0.5) is 4.39 Å². The molecule has 3 aromatic rings. The third-order valence-corrected chi connectivity index (χ3v) is 5.24. The Bertz CT molecular complexity index is 911. The molecule has 0 fully saturated rings. The average molecular weight is 367 g/mol. The summed E-state index contributed by atoms with van der Waals surface area (Å²) in [6, 6.07) is 19.8. The monoisotopic (exact) mass is 366 g/mol. The van der Waals surface area contributed by atoms with Crippen LogP contribution in [-0.4, -0.2) is 0 Å². The highest BCUT2D eigenvalue weighted by Gasteiger charge is 2.37. The zero-order chi connectivity index (χ0) is 16.2. The van der Waals surface area contributed by atoms with Gasteiger partial charge in [0.1, 0.15) is 5.82 Å². The van der Waals surface area contributed by atoms with E-state index in [1.807, 2.05) is 24.3 Å². The Morgan fingerprint density at radius 2 is 1.57 bits per heavy atom. The minimum Gasteiger partial charge on any atom is -0.207 e. The molecule has 1 aliphatic carbocycles. The van der Waals surface area contributed by atoms with Gasteiger partial charge in [0.25, 0.3) is 0 Å². The van der Waals surface area contributed by atoms with Crippen LogP contribution in [0.25, 0.3) is 22.3 Å². The smallest absolute Gasteiger partial charge is 0.123 e. The molecule has 0 heterocycles. The lowest BCUT2D eigenvalue weighted by Gasteiger charge is -2.22. The molecule has 0 atom stereocenters. The van der Waals surface area contributed by atoms with Crippen molar-refractivity contribution in [1.82, 2.24) is 0 Å². The molecule has 0 saturated carbocycles. The third kappa shape index (κ3) is 2.16. The highest BCUT2D eigenvalue weighted by molar-refractivity contribution is 9.10. The molecule has 0 aromatic heterocycles. The molecule has 0 N–H and O–H groups in total. The Morgan fingerprint density at radius 3 is 2.30 bits per heavy atom. The van der Waals surface area contributed by atoms with Crippen molar-refractivity contribution in [2.75, 3.05) is 0 Å². The molecule has 0 saturated heterocycles. The van der Waals surface area contributed by atoms with Crippen molar-refractivity contribution >= 4 is 15.9 Å². The Kier molecular flexibility index (Phi) is 3.21. The largest absolute Gasteiger partial charge is 0.207 e. The van der Waals surface area contributed by atoms with Crippen molar-refractivity contribution in [3.63, 3.8) is 0 Å². The number of fused-ring (bicyclic) bond motifs is 3. The van der Waals surface area contributed by atoms with Gasteiger partial charge in [0.05, 0.1) is 0 Å². The molecule has 0 amide bonds. The van der Waals surface area contributed by atoms with Crippen molar-refractivity contribution in [3.05, 3.63) is 82.1 Å². The summed E-state index contributed by atoms with van der Waals surface area (Å²) >= 11 is 3.65. The van der Waals surface area contributed by atoms with Gasteiger partial charge in [-0.15, -0.1) is 0 Å². The van der Waals surface area contributed by atoms with E-state index >= 15 is 0 Å². The van der Waals surface area contributed by atoms with Gasteiger partial charge in [-0.25, -0.2) is 4.39 Å². The first-order valence-electron chi connectivity index (χ1n) is 7.68. The Morgan fingerprint density at radius 1 is 0.826 bits per heavy atom. The predicted molar refractivity (Wildman–Crippen MR) is 97.1 cm³/mol. The number of rotatable bonds is 1. The lowest BCUT2D eigenvalue weighted by atomic mass is 9.82. The zero-order valence-electron chi connectivity index (χ0n) is 13.0. The van der Waals surface area contributed by atoms with Crippen molar-refractivity contribution in [1.29, 1.82) is 0 Å². The second-order valence-electron chi connectivity index (χ2n) is 6.56. The van der Waals surface area contributed by atoms with Crippen LogP contribution in [-0.2, 0) is 5.41 Å². The SMILES string of the molecule is CC1(C)c2cc(F)ccc2-c2c(-c3ccccc3)cc(Br)cc21. The van der Waals surface area contributed by atoms with Crippen LogP contribution in [0.3, 0.4) is 0 Å². The van der Waals surface area contributed by atoms with E-state index in [9.17, 15) is 4.39 Å². The normalized spacial score (nSPS) is 14.4. The van der Waals surface area contributed by atoms with E-state index in [2.05, 4.69) is 54.0 Å². The van der Waals surface area contributed by atoms with E-state index in [0.717, 1.165) is 15.6 Å². The van der Waals surface area contributed by atoms with Gasteiger partial charge in [-0.1, -0.05) is 66.2 Å². The first kappa shape index (κ1) is 14.6. The Hall–Kier alpha value is -1.93. The van der Waals surface area contributed by atoms with Crippen LogP contribution in [0.2, 0.25) is 0 Å². The quantitative estimate of drug-likeness (QED) is 0.457. The third-order valence-electron chi connectivity index (χ3n) is 4.79. The second-order valence-corrected chi connectivity index (χ2v) is 7.47. The molecule has 0 bridgehead atoms. The standard InChI is InChI=1S/C21H16BrF/c1-21(2)18-12-15(23)8-9-16(18)20-17(10-14(22)11-19(20)21)13-6-4-3-5-7-13/h3-12H,1-2H3. The molecule has 0 spiro atoms. The summed E-state index contributed by atoms with van der Waals surface area (Å²) in [4.78, 5) is 0. The molecule has 2 heteroatoms. The summed E-state index contributed by atoms with van der Waals surface area (Å²) in [6.07, 6.45) is 0. The highest BCUT2D eigenvalue weighted by Crippen LogP contribution is 2.53. The molecule has 0 radical (unpaired) electrons. The summed E-state index contributed by atoms with van der Waals surface area (Å²) < 4.78 is 14.9. The highest BCUT2D eigenvalue weighted by atomic mass is 79.9. The minimum absolute atomic E-state index is 0.176. The van der Waals surface area contributed by atoms with E-state index in [4.69, 9.17) is 0 Å². The summed E-state index contributed by atoms with van der Waals surface area (Å²) in [5.41, 5.74) is 6.82. The molecule has 3 aromatic carbocycles. The molecular weight excluding hydrogens is 351 g/mol. The topological polar surface area (TPSA) is 0 Å². The zero-order valence-corrected chi connectivity index (χ0v) is 14.6. The molecule has 114 valence electrons. The second kappa shape index (κ2) is 5.04. The summed E-state index contributed by atoms with van der Waals surface area (Å²) in [5, 5.41) is 0. The first-order valence-corrected chi connectivity index (χ1v) is 8.47. The minimum atomic E-state index is -0.208. The van der Waals surface area contributed by atoms with Gasteiger partial charge < -0.3 is 0 Å². The van der Waals surface area contributed by atoms with Crippen molar-refractivity contribution < 1.29 is 4.39 Å². The van der Waals surface area contributed by atoms with Crippen molar-refractivity contribution in [2.45, 2.75) is 19.3 Å². The van der Waals surface area contributed by atoms with Gasteiger partial charge in [-0.05, 0) is 57.6 Å². The molecule has 23 heavy (non-hydrogen) atoms. The number of halogens is 2. The summed E-state index contributed by atoms with van der Waals surface area (Å²) in [7, 11) is 0. The van der Waals surface area contributed by atoms with Crippen molar-refractivity contribution in [2.24, 2.45) is 0 Å². The number of hydrogen-bond donors (Lipinski definition) is 0. The van der Waals surface area contributed by atoms with Crippen LogP contribution in [0.15, 0.2) is 65.1 Å². The number of benzene rings is 3. The van der Waals surface area contributed by atoms with Crippen LogP contribution in [0.1, 0.15) is 25.0 Å². The Balaban J connectivity index is 2.10. The van der Waals surface area contributed by atoms with Crippen LogP contribution in [0, 0.1) is 5.82 Å². The predicted octanol–water partition coefficient (Wildman–Crippen LogP) is 6.56. The van der Waals surface area contributed by atoms with E-state index in [1.165, 1.54) is 22.3 Å². The molecule has 1 aliphatic rings. The lowest BCUT2D eigenvalue weighted by Crippen LogP contribution is -2.15. The van der Waals surface area contributed by atoms with Gasteiger partial charge in [-0.3, -0.25) is 0 Å². The fraction of sp³-hybridized carbons (Fsp3) is 0.143. The molecule has 0 aliphatic heterocycles. The van der Waals surface area contributed by atoms with Gasteiger partial charge in [0.2, 0.25) is 0 Å². The van der Waals surface area contributed by atoms with Crippen LogP contribution in [0.5, 0.6) is 0 Å². The molecule has 0 unspecified atom stereocenters. The first-order chi connectivity index (χ1) is 11.0. The van der Waals surface area contributed by atoms with Crippen molar-refractivity contribution in [3.8, 4) is 22.3 Å². The van der Waals surface area contributed by atoms with Gasteiger partial charge in [0.15, 0.2) is 0 Å². The maximum atomic E-state index is 13.8. The fourth-order valence-electron chi connectivity index (χ4n) is 3.63. The van der Waals surface area contributed by atoms with Gasteiger partial charge >= 0.3 is 0 Å². The summed E-state index contributed by atoms with van der Waals surface area (Å²) in [6.45, 7) is 4.33. The molecular formula is C21H16BrF. The van der Waals surface area contributed by atoms with Crippen LogP contribution >= 0.6 is 15.9 Å². The Labute approximate surface area is 144 Å². The molecule has 0 nitrogen and oxygen atoms in total. The van der Waals surface area contributed by atoms with Gasteiger partial charge in [-0.2, -0.15) is 0 Å². The van der Waals surface area contributed by atoms with E-state index < -0.39 is 0 Å².